The van der Waals surface area contributed by atoms with Gasteiger partial charge in [-0.2, -0.15) is 4.31 Å². The first-order chi connectivity index (χ1) is 12.2. The average molecular weight is 402 g/mol. The van der Waals surface area contributed by atoms with Crippen molar-refractivity contribution in [3.05, 3.63) is 54.1 Å². The van der Waals surface area contributed by atoms with Crippen molar-refractivity contribution in [2.24, 2.45) is 0 Å². The first-order valence-electron chi connectivity index (χ1n) is 7.78. The lowest BCUT2D eigenvalue weighted by atomic mass is 10.3. The number of anilines is 1. The molecule has 2 aromatic carbocycles. The van der Waals surface area contributed by atoms with Gasteiger partial charge in [-0.15, -0.1) is 0 Å². The van der Waals surface area contributed by atoms with E-state index in [1.165, 1.54) is 16.4 Å². The van der Waals surface area contributed by atoms with Gasteiger partial charge in [0.25, 0.3) is 10.0 Å². The van der Waals surface area contributed by atoms with Gasteiger partial charge in [-0.25, -0.2) is 25.6 Å². The summed E-state index contributed by atoms with van der Waals surface area (Å²) >= 11 is 0. The maximum absolute atomic E-state index is 13.2. The van der Waals surface area contributed by atoms with E-state index in [4.69, 9.17) is 0 Å². The van der Waals surface area contributed by atoms with E-state index < -0.39 is 31.7 Å². The summed E-state index contributed by atoms with van der Waals surface area (Å²) < 4.78 is 79.1. The van der Waals surface area contributed by atoms with Crippen molar-refractivity contribution < 1.29 is 25.6 Å². The minimum Gasteiger partial charge on any atom is -0.280 e. The lowest BCUT2D eigenvalue weighted by Crippen LogP contribution is -2.27. The molecular weight excluding hydrogens is 386 g/mol. The van der Waals surface area contributed by atoms with Crippen molar-refractivity contribution in [1.29, 1.82) is 0 Å². The van der Waals surface area contributed by atoms with Gasteiger partial charge in [0, 0.05) is 19.2 Å². The average Bonchev–Trinajstić information content (AvgIpc) is 3.13. The quantitative estimate of drug-likeness (QED) is 0.833. The minimum absolute atomic E-state index is 0.00572. The van der Waals surface area contributed by atoms with Gasteiger partial charge in [-0.3, -0.25) is 4.72 Å². The van der Waals surface area contributed by atoms with Gasteiger partial charge in [0.15, 0.2) is 11.6 Å². The predicted molar refractivity (Wildman–Crippen MR) is 91.6 cm³/mol. The van der Waals surface area contributed by atoms with Crippen LogP contribution in [0.15, 0.2) is 52.3 Å². The van der Waals surface area contributed by atoms with Crippen LogP contribution >= 0.6 is 0 Å². The van der Waals surface area contributed by atoms with Crippen LogP contribution in [0, 0.1) is 11.6 Å². The molecule has 140 valence electrons. The summed E-state index contributed by atoms with van der Waals surface area (Å²) in [4.78, 5) is -0.186. The lowest BCUT2D eigenvalue weighted by Gasteiger charge is -2.15. The van der Waals surface area contributed by atoms with Gasteiger partial charge in [0.1, 0.15) is 0 Å². The molecule has 0 aliphatic carbocycles. The molecule has 0 bridgehead atoms. The van der Waals surface area contributed by atoms with Crippen molar-refractivity contribution in [2.75, 3.05) is 17.8 Å². The Bertz CT molecular complexity index is 1020. The highest BCUT2D eigenvalue weighted by Gasteiger charge is 2.27. The fourth-order valence-electron chi connectivity index (χ4n) is 2.64. The van der Waals surface area contributed by atoms with Crippen molar-refractivity contribution in [2.45, 2.75) is 22.6 Å². The topological polar surface area (TPSA) is 83.5 Å². The Morgan fingerprint density at radius 2 is 1.38 bits per heavy atom. The second kappa shape index (κ2) is 6.93. The molecule has 1 N–H and O–H groups in total. The molecule has 3 rings (SSSR count). The highest BCUT2D eigenvalue weighted by molar-refractivity contribution is 7.92. The number of nitrogens with one attached hydrogen (secondary N) is 1. The molecule has 0 atom stereocenters. The van der Waals surface area contributed by atoms with E-state index in [1.54, 1.807) is 0 Å². The van der Waals surface area contributed by atoms with Gasteiger partial charge < -0.3 is 0 Å². The van der Waals surface area contributed by atoms with Gasteiger partial charge in [-0.1, -0.05) is 0 Å². The van der Waals surface area contributed by atoms with E-state index in [1.807, 2.05) is 0 Å². The third-order valence-electron chi connectivity index (χ3n) is 4.01. The molecule has 0 aromatic heterocycles. The lowest BCUT2D eigenvalue weighted by molar-refractivity contribution is 0.477. The van der Waals surface area contributed by atoms with Crippen LogP contribution in [0.25, 0.3) is 0 Å². The monoisotopic (exact) mass is 402 g/mol. The molecule has 0 spiro atoms. The molecule has 0 amide bonds. The second-order valence-corrected chi connectivity index (χ2v) is 9.44. The number of rotatable bonds is 5. The number of benzene rings is 2. The molecular formula is C16H16F2N2O4S2. The van der Waals surface area contributed by atoms with E-state index in [0.29, 0.717) is 13.1 Å². The molecule has 0 saturated carbocycles. The van der Waals surface area contributed by atoms with Crippen LogP contribution in [-0.2, 0) is 20.0 Å². The van der Waals surface area contributed by atoms with E-state index in [9.17, 15) is 25.6 Å². The zero-order chi connectivity index (χ0) is 18.9. The van der Waals surface area contributed by atoms with Crippen LogP contribution in [0.1, 0.15) is 12.8 Å². The Morgan fingerprint density at radius 3 is 1.96 bits per heavy atom. The summed E-state index contributed by atoms with van der Waals surface area (Å²) in [6.07, 6.45) is 1.59. The standard InChI is InChI=1S/C16H16F2N2O4S2/c17-15-8-3-12(11-16(15)18)19-25(21,22)13-4-6-14(7-5-13)26(23,24)20-9-1-2-10-20/h3-8,11,19H,1-2,9-10H2. The smallest absolute Gasteiger partial charge is 0.261 e. The summed E-state index contributed by atoms with van der Waals surface area (Å²) in [5, 5.41) is 0. The molecule has 6 nitrogen and oxygen atoms in total. The Hall–Kier alpha value is -2.04. The maximum atomic E-state index is 13.2. The van der Waals surface area contributed by atoms with Crippen LogP contribution in [0.4, 0.5) is 14.5 Å². The largest absolute Gasteiger partial charge is 0.280 e. The third kappa shape index (κ3) is 3.71. The van der Waals surface area contributed by atoms with E-state index in [0.717, 1.165) is 43.2 Å². The van der Waals surface area contributed by atoms with E-state index in [2.05, 4.69) is 4.72 Å². The number of nitrogens with zero attached hydrogens (tertiary/aromatic N) is 1. The zero-order valence-corrected chi connectivity index (χ0v) is 15.2. The van der Waals surface area contributed by atoms with Gasteiger partial charge in [0.2, 0.25) is 10.0 Å². The van der Waals surface area contributed by atoms with Crippen molar-refractivity contribution in [1.82, 2.24) is 4.31 Å². The normalized spacial score (nSPS) is 15.9. The highest BCUT2D eigenvalue weighted by atomic mass is 32.2. The molecule has 26 heavy (non-hydrogen) atoms. The molecule has 10 heteroatoms. The molecule has 1 fully saturated rings. The summed E-state index contributed by atoms with van der Waals surface area (Å²) in [5.74, 6) is -2.28. The van der Waals surface area contributed by atoms with Crippen LogP contribution in [0.3, 0.4) is 0 Å². The summed E-state index contributed by atoms with van der Waals surface area (Å²) in [6, 6.07) is 7.36. The maximum Gasteiger partial charge on any atom is 0.261 e. The fourth-order valence-corrected chi connectivity index (χ4v) is 5.21. The molecule has 0 unspecified atom stereocenters. The molecule has 1 heterocycles. The van der Waals surface area contributed by atoms with Gasteiger partial charge in [-0.05, 0) is 49.2 Å². The minimum atomic E-state index is -4.07. The third-order valence-corrected chi connectivity index (χ3v) is 7.32. The number of halogens is 2. The molecule has 2 aromatic rings. The first-order valence-corrected chi connectivity index (χ1v) is 10.7. The van der Waals surface area contributed by atoms with Crippen LogP contribution in [-0.4, -0.2) is 34.2 Å². The molecule has 1 saturated heterocycles. The number of sulfonamides is 2. The van der Waals surface area contributed by atoms with E-state index in [-0.39, 0.29) is 15.5 Å². The number of hydrogen-bond acceptors (Lipinski definition) is 4. The predicted octanol–water partition coefficient (Wildman–Crippen LogP) is 2.55. The Morgan fingerprint density at radius 1 is 0.808 bits per heavy atom. The second-order valence-electron chi connectivity index (χ2n) is 5.82. The van der Waals surface area contributed by atoms with Crippen molar-refractivity contribution >= 4 is 25.7 Å². The summed E-state index contributed by atoms with van der Waals surface area (Å²) in [6.45, 7) is 0.889. The SMILES string of the molecule is O=S(=O)(Nc1ccc(F)c(F)c1)c1ccc(S(=O)(=O)N2CCCC2)cc1. The molecule has 0 radical (unpaired) electrons. The van der Waals surface area contributed by atoms with Crippen molar-refractivity contribution in [3.63, 3.8) is 0 Å². The number of hydrogen-bond donors (Lipinski definition) is 1. The molecule has 1 aliphatic rings. The van der Waals surface area contributed by atoms with E-state index >= 15 is 0 Å². The molecule has 1 aliphatic heterocycles. The summed E-state index contributed by atoms with van der Waals surface area (Å²) in [5.41, 5.74) is -0.141. The Balaban J connectivity index is 1.83. The highest BCUT2D eigenvalue weighted by Crippen LogP contribution is 2.23. The first kappa shape index (κ1) is 18.7. The Labute approximate surface area is 150 Å². The Kier molecular flexibility index (Phi) is 5.00. The van der Waals surface area contributed by atoms with Crippen LogP contribution in [0.5, 0.6) is 0 Å². The van der Waals surface area contributed by atoms with Crippen LogP contribution in [0.2, 0.25) is 0 Å². The van der Waals surface area contributed by atoms with Crippen molar-refractivity contribution in [3.8, 4) is 0 Å². The zero-order valence-electron chi connectivity index (χ0n) is 13.5. The fraction of sp³-hybridized carbons (Fsp3) is 0.250. The van der Waals surface area contributed by atoms with Crippen LogP contribution < -0.4 is 4.72 Å². The van der Waals surface area contributed by atoms with Gasteiger partial charge >= 0.3 is 0 Å². The summed E-state index contributed by atoms with van der Waals surface area (Å²) in [7, 11) is -7.72. The van der Waals surface area contributed by atoms with Gasteiger partial charge in [0.05, 0.1) is 15.5 Å².